The van der Waals surface area contributed by atoms with E-state index in [-0.39, 0.29) is 0 Å². The molecule has 1 aliphatic heterocycles. The van der Waals surface area contributed by atoms with Crippen molar-refractivity contribution in [3.63, 3.8) is 0 Å². The van der Waals surface area contributed by atoms with Crippen molar-refractivity contribution in [1.29, 1.82) is 0 Å². The van der Waals surface area contributed by atoms with Crippen molar-refractivity contribution >= 4 is 5.91 Å². The Balaban J connectivity index is 1.75. The van der Waals surface area contributed by atoms with Gasteiger partial charge in [0.1, 0.15) is 0 Å². The van der Waals surface area contributed by atoms with Crippen molar-refractivity contribution in [2.75, 3.05) is 19.6 Å². The van der Waals surface area contributed by atoms with Crippen LogP contribution in [-0.2, 0) is 4.79 Å². The summed E-state index contributed by atoms with van der Waals surface area (Å²) in [6.45, 7) is 7.50. The minimum atomic E-state index is 0.410. The molecule has 2 aliphatic rings. The fourth-order valence-electron chi connectivity index (χ4n) is 3.60. The monoisotopic (exact) mass is 266 g/mol. The highest BCUT2D eigenvalue weighted by Gasteiger charge is 2.29. The topological polar surface area (TPSA) is 32.3 Å². The van der Waals surface area contributed by atoms with E-state index >= 15 is 0 Å². The lowest BCUT2D eigenvalue weighted by atomic mass is 9.92. The van der Waals surface area contributed by atoms with E-state index in [9.17, 15) is 4.79 Å². The zero-order chi connectivity index (χ0) is 13.7. The molecule has 2 atom stereocenters. The van der Waals surface area contributed by atoms with Crippen LogP contribution < -0.4 is 5.32 Å². The van der Waals surface area contributed by atoms with Crippen molar-refractivity contribution in [2.24, 2.45) is 11.8 Å². The Hall–Kier alpha value is -0.570. The summed E-state index contributed by atoms with van der Waals surface area (Å²) >= 11 is 0. The number of carbonyl (C=O) groups excluding carboxylic acids is 1. The van der Waals surface area contributed by atoms with Crippen LogP contribution in [0.4, 0.5) is 0 Å². The summed E-state index contributed by atoms with van der Waals surface area (Å²) in [6, 6.07) is 0.607. The predicted molar refractivity (Wildman–Crippen MR) is 79.0 cm³/mol. The van der Waals surface area contributed by atoms with Gasteiger partial charge in [0.15, 0.2) is 0 Å². The summed E-state index contributed by atoms with van der Waals surface area (Å²) < 4.78 is 0. The molecule has 3 heteroatoms. The molecule has 3 nitrogen and oxygen atoms in total. The smallest absolute Gasteiger partial charge is 0.222 e. The average molecular weight is 266 g/mol. The zero-order valence-corrected chi connectivity index (χ0v) is 12.7. The lowest BCUT2D eigenvalue weighted by Gasteiger charge is -2.38. The molecule has 1 aliphatic carbocycles. The van der Waals surface area contributed by atoms with Gasteiger partial charge in [0, 0.05) is 25.6 Å². The highest BCUT2D eigenvalue weighted by Crippen LogP contribution is 2.29. The fourth-order valence-corrected chi connectivity index (χ4v) is 3.60. The summed E-state index contributed by atoms with van der Waals surface area (Å²) in [5.74, 6) is 1.68. The van der Waals surface area contributed by atoms with E-state index in [2.05, 4.69) is 24.1 Å². The van der Waals surface area contributed by atoms with Gasteiger partial charge >= 0.3 is 0 Å². The van der Waals surface area contributed by atoms with Crippen molar-refractivity contribution in [1.82, 2.24) is 10.2 Å². The van der Waals surface area contributed by atoms with Crippen LogP contribution in [0.25, 0.3) is 0 Å². The molecule has 19 heavy (non-hydrogen) atoms. The van der Waals surface area contributed by atoms with Gasteiger partial charge in [-0.2, -0.15) is 0 Å². The van der Waals surface area contributed by atoms with Crippen LogP contribution in [-0.4, -0.2) is 36.5 Å². The highest BCUT2D eigenvalue weighted by molar-refractivity contribution is 5.76. The second-order valence-corrected chi connectivity index (χ2v) is 6.52. The van der Waals surface area contributed by atoms with E-state index < -0.39 is 0 Å². The average Bonchev–Trinajstić information content (AvgIpc) is 2.90. The minimum absolute atomic E-state index is 0.410. The highest BCUT2D eigenvalue weighted by atomic mass is 16.2. The first kappa shape index (κ1) is 14.8. The molecule has 0 aromatic rings. The van der Waals surface area contributed by atoms with Gasteiger partial charge in [-0.25, -0.2) is 0 Å². The quantitative estimate of drug-likeness (QED) is 0.830. The van der Waals surface area contributed by atoms with E-state index in [0.717, 1.165) is 32.5 Å². The van der Waals surface area contributed by atoms with Crippen molar-refractivity contribution in [3.8, 4) is 0 Å². The molecule has 2 fully saturated rings. The molecule has 0 aromatic heterocycles. The number of hydrogen-bond acceptors (Lipinski definition) is 2. The summed E-state index contributed by atoms with van der Waals surface area (Å²) in [7, 11) is 0. The Bertz CT molecular complexity index is 286. The standard InChI is InChI=1S/C16H30N2O/c1-3-9-17-15-8-10-18(12-13(15)2)16(19)11-14-6-4-5-7-14/h13-15,17H,3-12H2,1-2H3. The number of carbonyl (C=O) groups is 1. The maximum absolute atomic E-state index is 12.3. The van der Waals surface area contributed by atoms with Gasteiger partial charge in [0.2, 0.25) is 5.91 Å². The molecule has 1 N–H and O–H groups in total. The van der Waals surface area contributed by atoms with Crippen molar-refractivity contribution < 1.29 is 4.79 Å². The minimum Gasteiger partial charge on any atom is -0.342 e. The molecule has 1 amide bonds. The molecule has 1 saturated carbocycles. The fraction of sp³-hybridized carbons (Fsp3) is 0.938. The van der Waals surface area contributed by atoms with Crippen LogP contribution in [0.1, 0.15) is 58.8 Å². The number of piperidine rings is 1. The second-order valence-electron chi connectivity index (χ2n) is 6.52. The molecule has 110 valence electrons. The lowest BCUT2D eigenvalue weighted by Crippen LogP contribution is -2.50. The third-order valence-electron chi connectivity index (χ3n) is 4.85. The van der Waals surface area contributed by atoms with Gasteiger partial charge in [-0.3, -0.25) is 4.79 Å². The number of nitrogens with zero attached hydrogens (tertiary/aromatic N) is 1. The van der Waals surface area contributed by atoms with E-state index in [4.69, 9.17) is 0 Å². The van der Waals surface area contributed by atoms with Crippen LogP contribution in [0.3, 0.4) is 0 Å². The third kappa shape index (κ3) is 4.20. The van der Waals surface area contributed by atoms with Crippen molar-refractivity contribution in [3.05, 3.63) is 0 Å². The van der Waals surface area contributed by atoms with Gasteiger partial charge in [0.25, 0.3) is 0 Å². The van der Waals surface area contributed by atoms with Crippen LogP contribution in [0.15, 0.2) is 0 Å². The van der Waals surface area contributed by atoms with Crippen molar-refractivity contribution in [2.45, 2.75) is 64.8 Å². The Morgan fingerprint density at radius 3 is 2.63 bits per heavy atom. The number of likely N-dealkylation sites (tertiary alicyclic amines) is 1. The number of hydrogen-bond donors (Lipinski definition) is 1. The number of rotatable bonds is 5. The molecular weight excluding hydrogens is 236 g/mol. The maximum Gasteiger partial charge on any atom is 0.222 e. The maximum atomic E-state index is 12.3. The van der Waals surface area contributed by atoms with E-state index in [1.54, 1.807) is 0 Å². The van der Waals surface area contributed by atoms with Gasteiger partial charge in [-0.05, 0) is 44.1 Å². The van der Waals surface area contributed by atoms with E-state index in [1.165, 1.54) is 32.1 Å². The zero-order valence-electron chi connectivity index (χ0n) is 12.7. The van der Waals surface area contributed by atoms with Crippen LogP contribution in [0, 0.1) is 11.8 Å². The largest absolute Gasteiger partial charge is 0.342 e. The second kappa shape index (κ2) is 7.28. The molecule has 0 aromatic carbocycles. The third-order valence-corrected chi connectivity index (χ3v) is 4.85. The van der Waals surface area contributed by atoms with Gasteiger partial charge in [-0.15, -0.1) is 0 Å². The summed E-state index contributed by atoms with van der Waals surface area (Å²) in [5, 5.41) is 3.62. The molecule has 0 radical (unpaired) electrons. The summed E-state index contributed by atoms with van der Waals surface area (Å²) in [6.07, 6.45) is 8.32. The van der Waals surface area contributed by atoms with E-state index in [0.29, 0.717) is 23.8 Å². The molecule has 2 rings (SSSR count). The molecule has 0 bridgehead atoms. The normalized spacial score (nSPS) is 28.8. The predicted octanol–water partition coefficient (Wildman–Crippen LogP) is 2.80. The summed E-state index contributed by atoms with van der Waals surface area (Å²) in [5.41, 5.74) is 0. The van der Waals surface area contributed by atoms with Gasteiger partial charge in [0.05, 0.1) is 0 Å². The Morgan fingerprint density at radius 2 is 2.00 bits per heavy atom. The summed E-state index contributed by atoms with van der Waals surface area (Å²) in [4.78, 5) is 14.4. The number of amides is 1. The Labute approximate surface area is 118 Å². The molecular formula is C16H30N2O. The molecule has 0 spiro atoms. The van der Waals surface area contributed by atoms with Crippen LogP contribution >= 0.6 is 0 Å². The molecule has 1 saturated heterocycles. The van der Waals surface area contributed by atoms with Gasteiger partial charge < -0.3 is 10.2 Å². The Kier molecular flexibility index (Phi) is 5.68. The SMILES string of the molecule is CCCNC1CCN(C(=O)CC2CCCC2)CC1C. The van der Waals surface area contributed by atoms with E-state index in [1.807, 2.05) is 0 Å². The van der Waals surface area contributed by atoms with Gasteiger partial charge in [-0.1, -0.05) is 26.7 Å². The first-order chi connectivity index (χ1) is 9.20. The molecule has 1 heterocycles. The first-order valence-electron chi connectivity index (χ1n) is 8.22. The van der Waals surface area contributed by atoms with Crippen LogP contribution in [0.2, 0.25) is 0 Å². The molecule has 2 unspecified atom stereocenters. The lowest BCUT2D eigenvalue weighted by molar-refractivity contribution is -0.134. The Morgan fingerprint density at radius 1 is 1.26 bits per heavy atom. The number of nitrogens with one attached hydrogen (secondary N) is 1. The first-order valence-corrected chi connectivity index (χ1v) is 8.22. The van der Waals surface area contributed by atoms with Crippen LogP contribution in [0.5, 0.6) is 0 Å².